The van der Waals surface area contributed by atoms with Crippen molar-refractivity contribution in [3.05, 3.63) is 59.4 Å². The quantitative estimate of drug-likeness (QED) is 0.602. The van der Waals surface area contributed by atoms with E-state index in [0.29, 0.717) is 17.1 Å². The average molecular weight is 394 g/mol. The van der Waals surface area contributed by atoms with E-state index in [4.69, 9.17) is 0 Å². The smallest absolute Gasteiger partial charge is 0.279 e. The Kier molecular flexibility index (Phi) is 7.57. The summed E-state index contributed by atoms with van der Waals surface area (Å²) in [5.74, 6) is -5.29. The Hall–Kier alpha value is -2.87. The molecule has 5 nitrogen and oxygen atoms in total. The first-order valence-electron chi connectivity index (χ1n) is 8.94. The summed E-state index contributed by atoms with van der Waals surface area (Å²) in [5, 5.41) is 5.03. The number of hydrogen-bond donors (Lipinski definition) is 3. The van der Waals surface area contributed by atoms with Crippen LogP contribution in [0.1, 0.15) is 18.9 Å². The van der Waals surface area contributed by atoms with Gasteiger partial charge >= 0.3 is 0 Å². The molecule has 2 aromatic carbocycles. The van der Waals surface area contributed by atoms with Crippen molar-refractivity contribution < 1.29 is 27.7 Å². The molecule has 0 heterocycles. The molecule has 0 aliphatic carbocycles. The third kappa shape index (κ3) is 5.82. The largest absolute Gasteiger partial charge is 0.321 e. The van der Waals surface area contributed by atoms with E-state index in [1.165, 1.54) is 0 Å². The number of carbonyl (C=O) groups excluding carboxylic acids is 2. The number of quaternary nitrogens is 1. The number of anilines is 2. The molecule has 0 fully saturated rings. The number of carbonyl (C=O) groups is 2. The lowest BCUT2D eigenvalue weighted by Gasteiger charge is -2.18. The highest BCUT2D eigenvalue weighted by atomic mass is 19.2. The summed E-state index contributed by atoms with van der Waals surface area (Å²) < 4.78 is 40.0. The molecule has 0 radical (unpaired) electrons. The van der Waals surface area contributed by atoms with E-state index in [0.717, 1.165) is 24.1 Å². The van der Waals surface area contributed by atoms with Crippen molar-refractivity contribution in [2.24, 2.45) is 0 Å². The second-order valence-corrected chi connectivity index (χ2v) is 6.49. The lowest BCUT2D eigenvalue weighted by Crippen LogP contribution is -3.14. The highest BCUT2D eigenvalue weighted by Crippen LogP contribution is 2.19. The SMILES string of the molecule is CCC[NH+](CC(=O)Nc1ccccc1C)CC(=O)Nc1ccc(F)c(F)c1F. The fraction of sp³-hybridized carbons (Fsp3) is 0.300. The van der Waals surface area contributed by atoms with Gasteiger partial charge in [0.05, 0.1) is 12.2 Å². The summed E-state index contributed by atoms with van der Waals surface area (Å²) in [6.45, 7) is 4.24. The molecule has 0 aliphatic heterocycles. The van der Waals surface area contributed by atoms with Gasteiger partial charge in [-0.05, 0) is 37.1 Å². The van der Waals surface area contributed by atoms with E-state index in [-0.39, 0.29) is 19.0 Å². The van der Waals surface area contributed by atoms with Crippen LogP contribution >= 0.6 is 0 Å². The lowest BCUT2D eigenvalue weighted by molar-refractivity contribution is -0.883. The van der Waals surface area contributed by atoms with Crippen LogP contribution < -0.4 is 15.5 Å². The van der Waals surface area contributed by atoms with E-state index in [1.54, 1.807) is 6.07 Å². The van der Waals surface area contributed by atoms with Crippen molar-refractivity contribution >= 4 is 23.2 Å². The van der Waals surface area contributed by atoms with Crippen LogP contribution in [0.25, 0.3) is 0 Å². The molecule has 8 heteroatoms. The van der Waals surface area contributed by atoms with Gasteiger partial charge in [-0.1, -0.05) is 25.1 Å². The molecule has 0 saturated carbocycles. The van der Waals surface area contributed by atoms with Gasteiger partial charge in [-0.3, -0.25) is 9.59 Å². The maximum Gasteiger partial charge on any atom is 0.279 e. The van der Waals surface area contributed by atoms with Crippen LogP contribution in [0.5, 0.6) is 0 Å². The minimum absolute atomic E-state index is 0.0376. The first-order chi connectivity index (χ1) is 13.3. The van der Waals surface area contributed by atoms with Crippen molar-refractivity contribution in [3.8, 4) is 0 Å². The normalized spacial score (nSPS) is 11.8. The van der Waals surface area contributed by atoms with Crippen molar-refractivity contribution in [2.75, 3.05) is 30.3 Å². The average Bonchev–Trinajstić information content (AvgIpc) is 2.64. The third-order valence-electron chi connectivity index (χ3n) is 4.15. The topological polar surface area (TPSA) is 62.6 Å². The van der Waals surface area contributed by atoms with Crippen LogP contribution in [0.15, 0.2) is 36.4 Å². The van der Waals surface area contributed by atoms with Crippen LogP contribution in [-0.4, -0.2) is 31.4 Å². The molecule has 150 valence electrons. The maximum atomic E-state index is 13.7. The Morgan fingerprint density at radius 3 is 2.11 bits per heavy atom. The number of benzene rings is 2. The fourth-order valence-corrected chi connectivity index (χ4v) is 2.77. The summed E-state index contributed by atoms with van der Waals surface area (Å²) in [6.07, 6.45) is 0.722. The third-order valence-corrected chi connectivity index (χ3v) is 4.15. The molecule has 2 aromatic rings. The summed E-state index contributed by atoms with van der Waals surface area (Å²) in [6, 6.07) is 9.02. The Labute approximate surface area is 161 Å². The van der Waals surface area contributed by atoms with E-state index in [9.17, 15) is 22.8 Å². The van der Waals surface area contributed by atoms with Gasteiger partial charge in [0.25, 0.3) is 11.8 Å². The van der Waals surface area contributed by atoms with Crippen molar-refractivity contribution in [1.29, 1.82) is 0 Å². The molecule has 0 aliphatic rings. The zero-order valence-electron chi connectivity index (χ0n) is 15.7. The Morgan fingerprint density at radius 2 is 1.50 bits per heavy atom. The van der Waals surface area contributed by atoms with Gasteiger partial charge in [-0.25, -0.2) is 13.2 Å². The number of halogens is 3. The highest BCUT2D eigenvalue weighted by Gasteiger charge is 2.20. The molecule has 0 saturated heterocycles. The van der Waals surface area contributed by atoms with Crippen LogP contribution in [0, 0.1) is 24.4 Å². The summed E-state index contributed by atoms with van der Waals surface area (Å²) in [4.78, 5) is 25.2. The van der Waals surface area contributed by atoms with E-state index < -0.39 is 29.0 Å². The molecular weight excluding hydrogens is 371 g/mol. The van der Waals surface area contributed by atoms with E-state index in [2.05, 4.69) is 10.6 Å². The van der Waals surface area contributed by atoms with Crippen molar-refractivity contribution in [1.82, 2.24) is 0 Å². The second kappa shape index (κ2) is 9.89. The number of aryl methyl sites for hydroxylation is 1. The molecule has 3 N–H and O–H groups in total. The zero-order chi connectivity index (χ0) is 20.7. The molecule has 2 rings (SSSR count). The standard InChI is InChI=1S/C20H22F3N3O2/c1-3-10-26(11-17(27)24-15-7-5-4-6-13(15)2)12-18(28)25-16-9-8-14(21)19(22)20(16)23/h4-9H,3,10-12H2,1-2H3,(H,24,27)(H,25,28)/p+1. The number of rotatable bonds is 8. The summed E-state index contributed by atoms with van der Waals surface area (Å²) >= 11 is 0. The van der Waals surface area contributed by atoms with E-state index in [1.807, 2.05) is 32.0 Å². The highest BCUT2D eigenvalue weighted by molar-refractivity contribution is 5.93. The Balaban J connectivity index is 1.98. The summed E-state index contributed by atoms with van der Waals surface area (Å²) in [7, 11) is 0. The first kappa shape index (κ1) is 21.4. The van der Waals surface area contributed by atoms with Crippen LogP contribution in [0.4, 0.5) is 24.5 Å². The molecule has 28 heavy (non-hydrogen) atoms. The Morgan fingerprint density at radius 1 is 0.893 bits per heavy atom. The van der Waals surface area contributed by atoms with Crippen LogP contribution in [-0.2, 0) is 9.59 Å². The van der Waals surface area contributed by atoms with Gasteiger partial charge in [-0.15, -0.1) is 0 Å². The van der Waals surface area contributed by atoms with Gasteiger partial charge in [0.15, 0.2) is 30.5 Å². The number of para-hydroxylation sites is 1. The maximum absolute atomic E-state index is 13.7. The second-order valence-electron chi connectivity index (χ2n) is 6.49. The predicted octanol–water partition coefficient (Wildman–Crippen LogP) is 2.28. The minimum atomic E-state index is -1.65. The van der Waals surface area contributed by atoms with Gasteiger partial charge in [0.1, 0.15) is 0 Å². The van der Waals surface area contributed by atoms with Crippen LogP contribution in [0.3, 0.4) is 0 Å². The van der Waals surface area contributed by atoms with Gasteiger partial charge in [0.2, 0.25) is 0 Å². The zero-order valence-corrected chi connectivity index (χ0v) is 15.7. The monoisotopic (exact) mass is 394 g/mol. The molecule has 1 unspecified atom stereocenters. The molecule has 2 amide bonds. The van der Waals surface area contributed by atoms with Gasteiger partial charge in [0, 0.05) is 5.69 Å². The fourth-order valence-electron chi connectivity index (χ4n) is 2.77. The van der Waals surface area contributed by atoms with Crippen molar-refractivity contribution in [2.45, 2.75) is 20.3 Å². The predicted molar refractivity (Wildman–Crippen MR) is 101 cm³/mol. The molecule has 0 bridgehead atoms. The lowest BCUT2D eigenvalue weighted by atomic mass is 10.2. The summed E-state index contributed by atoms with van der Waals surface area (Å²) in [5.41, 5.74) is 1.17. The van der Waals surface area contributed by atoms with Crippen molar-refractivity contribution in [3.63, 3.8) is 0 Å². The van der Waals surface area contributed by atoms with E-state index >= 15 is 0 Å². The van der Waals surface area contributed by atoms with Gasteiger partial charge in [-0.2, -0.15) is 0 Å². The molecule has 1 atom stereocenters. The first-order valence-corrected chi connectivity index (χ1v) is 8.94. The molecular formula is C20H23F3N3O2+. The number of amides is 2. The molecule has 0 aromatic heterocycles. The number of hydrogen-bond acceptors (Lipinski definition) is 2. The molecule has 0 spiro atoms. The van der Waals surface area contributed by atoms with Crippen LogP contribution in [0.2, 0.25) is 0 Å². The van der Waals surface area contributed by atoms with Gasteiger partial charge < -0.3 is 15.5 Å². The number of nitrogens with one attached hydrogen (secondary N) is 3. The minimum Gasteiger partial charge on any atom is -0.321 e. The Bertz CT molecular complexity index is 859.